The first-order valence-electron chi connectivity index (χ1n) is 8.40. The number of methoxy groups -OCH3 is 1. The van der Waals surface area contributed by atoms with E-state index < -0.39 is 28.6 Å². The number of sulfonamides is 1. The average molecular weight is 454 g/mol. The third-order valence-corrected chi connectivity index (χ3v) is 6.35. The zero-order chi connectivity index (χ0) is 22.1. The molecule has 3 rings (SSSR count). The standard InChI is InChI=1S/C17H18N4O7S2/c1-9-15(27-3)29-17(18-9)19-16(24)20-30(25,26)12-7-21(2)14-10(12)5-4-6-11(14)28-8-13(22)23/h4-7H,8H2,1-3H3,(H,22,23)(H2,18,19,20,24). The number of carbonyl (C=O) groups is 2. The number of hydrogen-bond acceptors (Lipinski definition) is 8. The molecule has 11 nitrogen and oxygen atoms in total. The van der Waals surface area contributed by atoms with Gasteiger partial charge in [-0.05, 0) is 13.0 Å². The minimum Gasteiger partial charge on any atom is -0.486 e. The predicted molar refractivity (Wildman–Crippen MR) is 109 cm³/mol. The van der Waals surface area contributed by atoms with Gasteiger partial charge in [0.05, 0.1) is 18.3 Å². The lowest BCUT2D eigenvalue weighted by molar-refractivity contribution is -0.139. The average Bonchev–Trinajstić information content (AvgIpc) is 3.19. The van der Waals surface area contributed by atoms with E-state index in [0.29, 0.717) is 16.3 Å². The molecule has 13 heteroatoms. The first-order chi connectivity index (χ1) is 14.1. The molecule has 0 bridgehead atoms. The second-order valence-electron chi connectivity index (χ2n) is 6.09. The zero-order valence-electron chi connectivity index (χ0n) is 16.1. The lowest BCUT2D eigenvalue weighted by Crippen LogP contribution is -2.34. The second-order valence-corrected chi connectivity index (χ2v) is 8.71. The van der Waals surface area contributed by atoms with E-state index in [1.54, 1.807) is 14.0 Å². The molecule has 0 fully saturated rings. The van der Waals surface area contributed by atoms with Crippen LogP contribution in [0.1, 0.15) is 5.69 Å². The zero-order valence-corrected chi connectivity index (χ0v) is 17.8. The molecule has 2 amide bonds. The van der Waals surface area contributed by atoms with Gasteiger partial charge in [-0.15, -0.1) is 0 Å². The molecule has 0 saturated heterocycles. The number of aliphatic carboxylic acids is 1. The van der Waals surface area contributed by atoms with Crippen molar-refractivity contribution in [3.8, 4) is 10.8 Å². The Morgan fingerprint density at radius 1 is 1.33 bits per heavy atom. The van der Waals surface area contributed by atoms with Crippen LogP contribution in [0.25, 0.3) is 10.9 Å². The van der Waals surface area contributed by atoms with Crippen molar-refractivity contribution in [1.29, 1.82) is 0 Å². The molecule has 1 aromatic carbocycles. The number of fused-ring (bicyclic) bond motifs is 1. The molecule has 160 valence electrons. The van der Waals surface area contributed by atoms with Crippen molar-refractivity contribution in [3.05, 3.63) is 30.1 Å². The number of thiazole rings is 1. The van der Waals surface area contributed by atoms with Crippen LogP contribution < -0.4 is 19.5 Å². The number of aromatic nitrogens is 2. The molecule has 0 atom stereocenters. The summed E-state index contributed by atoms with van der Waals surface area (Å²) >= 11 is 1.06. The minimum absolute atomic E-state index is 0.163. The molecule has 0 aliphatic carbocycles. The number of carboxylic acid groups (broad SMARTS) is 1. The maximum atomic E-state index is 12.8. The summed E-state index contributed by atoms with van der Waals surface area (Å²) in [5.74, 6) is -0.963. The highest BCUT2D eigenvalue weighted by atomic mass is 32.2. The van der Waals surface area contributed by atoms with E-state index in [9.17, 15) is 18.0 Å². The monoisotopic (exact) mass is 454 g/mol. The van der Waals surface area contributed by atoms with Crippen LogP contribution in [0.3, 0.4) is 0 Å². The SMILES string of the molecule is COc1sc(NC(=O)NS(=O)(=O)c2cn(C)c3c(OCC(=O)O)cccc23)nc1C. The van der Waals surface area contributed by atoms with Crippen molar-refractivity contribution in [2.75, 3.05) is 19.0 Å². The summed E-state index contributed by atoms with van der Waals surface area (Å²) in [6, 6.07) is 3.61. The van der Waals surface area contributed by atoms with Gasteiger partial charge in [0.25, 0.3) is 10.0 Å². The van der Waals surface area contributed by atoms with Gasteiger partial charge in [0.2, 0.25) is 0 Å². The summed E-state index contributed by atoms with van der Waals surface area (Å²) in [5.41, 5.74) is 0.934. The number of rotatable bonds is 7. The number of aryl methyl sites for hydroxylation is 2. The van der Waals surface area contributed by atoms with Gasteiger partial charge in [0.1, 0.15) is 10.6 Å². The third-order valence-electron chi connectivity index (χ3n) is 3.96. The van der Waals surface area contributed by atoms with Gasteiger partial charge < -0.3 is 19.1 Å². The maximum Gasteiger partial charge on any atom is 0.341 e. The molecule has 3 aromatic rings. The summed E-state index contributed by atoms with van der Waals surface area (Å²) in [6.45, 7) is 1.11. The largest absolute Gasteiger partial charge is 0.486 e. The van der Waals surface area contributed by atoms with Crippen molar-refractivity contribution in [1.82, 2.24) is 14.3 Å². The van der Waals surface area contributed by atoms with Crippen molar-refractivity contribution in [3.63, 3.8) is 0 Å². The number of anilines is 1. The van der Waals surface area contributed by atoms with Crippen LogP contribution in [-0.4, -0.2) is 48.8 Å². The minimum atomic E-state index is -4.25. The number of nitrogens with one attached hydrogen (secondary N) is 2. The van der Waals surface area contributed by atoms with Gasteiger partial charge >= 0.3 is 12.0 Å². The number of nitrogens with zero attached hydrogens (tertiary/aromatic N) is 2. The number of urea groups is 1. The van der Waals surface area contributed by atoms with E-state index in [4.69, 9.17) is 14.6 Å². The van der Waals surface area contributed by atoms with E-state index >= 15 is 0 Å². The molecule has 2 heterocycles. The van der Waals surface area contributed by atoms with Crippen LogP contribution in [0.5, 0.6) is 10.8 Å². The highest BCUT2D eigenvalue weighted by molar-refractivity contribution is 7.90. The Balaban J connectivity index is 1.87. The summed E-state index contributed by atoms with van der Waals surface area (Å²) in [5, 5.41) is 12.1. The molecule has 0 spiro atoms. The van der Waals surface area contributed by atoms with Gasteiger partial charge in [-0.3, -0.25) is 5.32 Å². The summed E-state index contributed by atoms with van der Waals surface area (Å²) in [6.07, 6.45) is 1.31. The fourth-order valence-electron chi connectivity index (χ4n) is 2.79. The number of benzene rings is 1. The smallest absolute Gasteiger partial charge is 0.341 e. The Labute approximate surface area is 175 Å². The molecule has 3 N–H and O–H groups in total. The van der Waals surface area contributed by atoms with Crippen LogP contribution >= 0.6 is 11.3 Å². The Bertz CT molecular complexity index is 1230. The van der Waals surface area contributed by atoms with Gasteiger partial charge in [-0.1, -0.05) is 23.5 Å². The highest BCUT2D eigenvalue weighted by Gasteiger charge is 2.25. The number of carboxylic acids is 1. The second kappa shape index (κ2) is 8.20. The molecule has 0 aliphatic rings. The number of carbonyl (C=O) groups excluding carboxylic acids is 1. The van der Waals surface area contributed by atoms with Crippen LogP contribution in [0.4, 0.5) is 9.93 Å². The lowest BCUT2D eigenvalue weighted by Gasteiger charge is -2.07. The first-order valence-corrected chi connectivity index (χ1v) is 10.7. The summed E-state index contributed by atoms with van der Waals surface area (Å²) in [7, 11) is -1.21. The van der Waals surface area contributed by atoms with Gasteiger partial charge in [0, 0.05) is 18.6 Å². The Kier molecular flexibility index (Phi) is 5.85. The van der Waals surface area contributed by atoms with E-state index in [1.165, 1.54) is 36.1 Å². The quantitative estimate of drug-likeness (QED) is 0.490. The molecular formula is C17H18N4O7S2. The van der Waals surface area contributed by atoms with Crippen LogP contribution in [0.15, 0.2) is 29.3 Å². The first kappa shape index (κ1) is 21.4. The molecule has 30 heavy (non-hydrogen) atoms. The molecular weight excluding hydrogens is 436 g/mol. The molecule has 2 aromatic heterocycles. The molecule has 0 saturated carbocycles. The Morgan fingerprint density at radius 3 is 2.70 bits per heavy atom. The number of amides is 2. The summed E-state index contributed by atoms with van der Waals surface area (Å²) < 4.78 is 39.4. The highest BCUT2D eigenvalue weighted by Crippen LogP contribution is 2.32. The third kappa shape index (κ3) is 4.31. The molecule has 0 unspecified atom stereocenters. The van der Waals surface area contributed by atoms with E-state index in [1.807, 2.05) is 4.72 Å². The molecule has 0 radical (unpaired) electrons. The normalized spacial score (nSPS) is 11.3. The maximum absolute atomic E-state index is 12.8. The topological polar surface area (TPSA) is 149 Å². The van der Waals surface area contributed by atoms with E-state index in [-0.39, 0.29) is 21.2 Å². The lowest BCUT2D eigenvalue weighted by atomic mass is 10.2. The summed E-state index contributed by atoms with van der Waals surface area (Å²) in [4.78, 5) is 26.9. The van der Waals surface area contributed by atoms with Crippen LogP contribution in [0, 0.1) is 6.92 Å². The molecule has 0 aliphatic heterocycles. The number of para-hydroxylation sites is 1. The van der Waals surface area contributed by atoms with E-state index in [2.05, 4.69) is 10.3 Å². The predicted octanol–water partition coefficient (Wildman–Crippen LogP) is 1.93. The van der Waals surface area contributed by atoms with Crippen LogP contribution in [0.2, 0.25) is 0 Å². The van der Waals surface area contributed by atoms with Gasteiger partial charge in [-0.25, -0.2) is 27.7 Å². The van der Waals surface area contributed by atoms with Crippen molar-refractivity contribution >= 4 is 49.4 Å². The number of hydrogen-bond donors (Lipinski definition) is 3. The van der Waals surface area contributed by atoms with Gasteiger partial charge in [0.15, 0.2) is 16.8 Å². The fourth-order valence-corrected chi connectivity index (χ4v) is 4.72. The fraction of sp³-hybridized carbons (Fsp3) is 0.235. The van der Waals surface area contributed by atoms with Crippen molar-refractivity contribution < 1.29 is 32.6 Å². The van der Waals surface area contributed by atoms with Crippen molar-refractivity contribution in [2.45, 2.75) is 11.8 Å². The Morgan fingerprint density at radius 2 is 2.07 bits per heavy atom. The van der Waals surface area contributed by atoms with Gasteiger partial charge in [-0.2, -0.15) is 0 Å². The van der Waals surface area contributed by atoms with Crippen LogP contribution in [-0.2, 0) is 21.9 Å². The number of ether oxygens (including phenoxy) is 2. The van der Waals surface area contributed by atoms with Crippen molar-refractivity contribution in [2.24, 2.45) is 7.05 Å². The Hall–Kier alpha value is -3.32. The van der Waals surface area contributed by atoms with E-state index in [0.717, 1.165) is 11.3 Å².